The van der Waals surface area contributed by atoms with Crippen LogP contribution in [0.15, 0.2) is 30.5 Å². The summed E-state index contributed by atoms with van der Waals surface area (Å²) in [6, 6.07) is 6.90. The summed E-state index contributed by atoms with van der Waals surface area (Å²) in [6.07, 6.45) is 2.98. The second kappa shape index (κ2) is 10.1. The SMILES string of the molecule is CCOC(=O)c1cnn(-c2ccc(NC(=O)N3CCC[C@@H](C(=O)OCC)C3)cc2)c1C. The van der Waals surface area contributed by atoms with E-state index in [9.17, 15) is 14.4 Å². The third kappa shape index (κ3) is 5.22. The first-order valence-electron chi connectivity index (χ1n) is 10.5. The van der Waals surface area contributed by atoms with Gasteiger partial charge in [0.25, 0.3) is 0 Å². The van der Waals surface area contributed by atoms with Gasteiger partial charge >= 0.3 is 18.0 Å². The van der Waals surface area contributed by atoms with Crippen LogP contribution >= 0.6 is 0 Å². The molecule has 1 aromatic carbocycles. The number of amides is 2. The number of anilines is 1. The van der Waals surface area contributed by atoms with E-state index in [1.165, 1.54) is 6.20 Å². The minimum Gasteiger partial charge on any atom is -0.466 e. The largest absolute Gasteiger partial charge is 0.466 e. The van der Waals surface area contributed by atoms with E-state index in [4.69, 9.17) is 9.47 Å². The van der Waals surface area contributed by atoms with Crippen molar-refractivity contribution in [1.29, 1.82) is 0 Å². The highest BCUT2D eigenvalue weighted by Crippen LogP contribution is 2.21. The summed E-state index contributed by atoms with van der Waals surface area (Å²) >= 11 is 0. The van der Waals surface area contributed by atoms with Crippen LogP contribution in [0.1, 0.15) is 42.7 Å². The van der Waals surface area contributed by atoms with E-state index in [0.717, 1.165) is 18.5 Å². The van der Waals surface area contributed by atoms with E-state index >= 15 is 0 Å². The molecule has 31 heavy (non-hydrogen) atoms. The number of nitrogens with one attached hydrogen (secondary N) is 1. The Morgan fingerprint density at radius 2 is 1.84 bits per heavy atom. The molecule has 0 aliphatic carbocycles. The Kier molecular flexibility index (Phi) is 7.28. The van der Waals surface area contributed by atoms with Gasteiger partial charge in [0.05, 0.1) is 36.7 Å². The normalized spacial score (nSPS) is 16.0. The van der Waals surface area contributed by atoms with E-state index in [1.54, 1.807) is 42.5 Å². The molecule has 1 aliphatic rings. The van der Waals surface area contributed by atoms with Gasteiger partial charge in [0.15, 0.2) is 0 Å². The summed E-state index contributed by atoms with van der Waals surface area (Å²) in [5.41, 5.74) is 2.47. The molecule has 9 nitrogen and oxygen atoms in total. The van der Waals surface area contributed by atoms with Gasteiger partial charge in [-0.05, 0) is 57.9 Å². The predicted octanol–water partition coefficient (Wildman–Crippen LogP) is 3.16. The zero-order valence-corrected chi connectivity index (χ0v) is 18.1. The quantitative estimate of drug-likeness (QED) is 0.709. The van der Waals surface area contributed by atoms with Crippen molar-refractivity contribution in [3.05, 3.63) is 41.7 Å². The lowest BCUT2D eigenvalue weighted by Crippen LogP contribution is -2.44. The Labute approximate surface area is 181 Å². The third-order valence-corrected chi connectivity index (χ3v) is 5.20. The molecule has 1 saturated heterocycles. The molecular weight excluding hydrogens is 400 g/mol. The first-order valence-corrected chi connectivity index (χ1v) is 10.5. The van der Waals surface area contributed by atoms with Crippen LogP contribution in [0, 0.1) is 12.8 Å². The number of benzene rings is 1. The second-order valence-electron chi connectivity index (χ2n) is 7.29. The number of ether oxygens (including phenoxy) is 2. The molecule has 1 atom stereocenters. The summed E-state index contributed by atoms with van der Waals surface area (Å²) in [5.74, 6) is -0.933. The van der Waals surface area contributed by atoms with Gasteiger partial charge in [0.2, 0.25) is 0 Å². The predicted molar refractivity (Wildman–Crippen MR) is 114 cm³/mol. The van der Waals surface area contributed by atoms with Crippen molar-refractivity contribution in [3.8, 4) is 5.69 Å². The van der Waals surface area contributed by atoms with Gasteiger partial charge in [0.1, 0.15) is 5.56 Å². The van der Waals surface area contributed by atoms with Crippen LogP contribution in [0.4, 0.5) is 10.5 Å². The van der Waals surface area contributed by atoms with Gasteiger partial charge in [0, 0.05) is 18.8 Å². The summed E-state index contributed by atoms with van der Waals surface area (Å²) in [4.78, 5) is 38.2. The van der Waals surface area contributed by atoms with Crippen molar-refractivity contribution in [2.45, 2.75) is 33.6 Å². The van der Waals surface area contributed by atoms with Crippen LogP contribution in [0.2, 0.25) is 0 Å². The summed E-state index contributed by atoms with van der Waals surface area (Å²) in [7, 11) is 0. The van der Waals surface area contributed by atoms with Gasteiger partial charge in [-0.2, -0.15) is 5.10 Å². The number of urea groups is 1. The van der Waals surface area contributed by atoms with Gasteiger partial charge in [-0.15, -0.1) is 0 Å². The third-order valence-electron chi connectivity index (χ3n) is 5.20. The lowest BCUT2D eigenvalue weighted by Gasteiger charge is -2.31. The molecule has 1 aromatic heterocycles. The number of hydrogen-bond acceptors (Lipinski definition) is 6. The van der Waals surface area contributed by atoms with Gasteiger partial charge < -0.3 is 19.7 Å². The first-order chi connectivity index (χ1) is 14.9. The fourth-order valence-corrected chi connectivity index (χ4v) is 3.58. The van der Waals surface area contributed by atoms with Crippen LogP contribution in [-0.2, 0) is 14.3 Å². The number of rotatable bonds is 6. The van der Waals surface area contributed by atoms with E-state index in [2.05, 4.69) is 10.4 Å². The highest BCUT2D eigenvalue weighted by atomic mass is 16.5. The van der Waals surface area contributed by atoms with Crippen LogP contribution in [0.5, 0.6) is 0 Å². The summed E-state index contributed by atoms with van der Waals surface area (Å²) < 4.78 is 11.8. The van der Waals surface area contributed by atoms with E-state index < -0.39 is 5.97 Å². The molecule has 0 bridgehead atoms. The molecule has 166 valence electrons. The Bertz CT molecular complexity index is 938. The number of likely N-dealkylation sites (tertiary alicyclic amines) is 1. The number of carbonyl (C=O) groups is 3. The number of nitrogens with zero attached hydrogens (tertiary/aromatic N) is 3. The Hall–Kier alpha value is -3.36. The molecule has 1 N–H and O–H groups in total. The van der Waals surface area contributed by atoms with Crippen molar-refractivity contribution >= 4 is 23.7 Å². The van der Waals surface area contributed by atoms with Crippen LogP contribution in [-0.4, -0.2) is 59.0 Å². The number of carbonyl (C=O) groups excluding carboxylic acids is 3. The Morgan fingerprint density at radius 1 is 1.13 bits per heavy atom. The number of esters is 2. The summed E-state index contributed by atoms with van der Waals surface area (Å²) in [6.45, 7) is 6.92. The van der Waals surface area contributed by atoms with Gasteiger partial charge in [-0.1, -0.05) is 0 Å². The first kappa shape index (κ1) is 22.3. The molecular formula is C22H28N4O5. The molecule has 0 spiro atoms. The molecule has 0 unspecified atom stereocenters. The van der Waals surface area contributed by atoms with E-state index in [0.29, 0.717) is 43.2 Å². The molecule has 9 heteroatoms. The molecule has 2 heterocycles. The monoisotopic (exact) mass is 428 g/mol. The molecule has 1 fully saturated rings. The minimum absolute atomic E-state index is 0.249. The highest BCUT2D eigenvalue weighted by molar-refractivity contribution is 5.91. The zero-order chi connectivity index (χ0) is 22.4. The zero-order valence-electron chi connectivity index (χ0n) is 18.1. The van der Waals surface area contributed by atoms with Crippen LogP contribution < -0.4 is 5.32 Å². The van der Waals surface area contributed by atoms with E-state index in [-0.39, 0.29) is 17.9 Å². The van der Waals surface area contributed by atoms with Crippen molar-refractivity contribution in [3.63, 3.8) is 0 Å². The van der Waals surface area contributed by atoms with Crippen molar-refractivity contribution in [2.75, 3.05) is 31.6 Å². The fraction of sp³-hybridized carbons (Fsp3) is 0.455. The fourth-order valence-electron chi connectivity index (χ4n) is 3.58. The Balaban J connectivity index is 1.64. The number of piperidine rings is 1. The Morgan fingerprint density at radius 3 is 2.52 bits per heavy atom. The second-order valence-corrected chi connectivity index (χ2v) is 7.29. The molecule has 0 radical (unpaired) electrons. The number of aromatic nitrogens is 2. The average Bonchev–Trinajstić information content (AvgIpc) is 3.16. The lowest BCUT2D eigenvalue weighted by molar-refractivity contribution is -0.149. The number of hydrogen-bond donors (Lipinski definition) is 1. The van der Waals surface area contributed by atoms with Crippen molar-refractivity contribution in [2.24, 2.45) is 5.92 Å². The molecule has 2 amide bonds. The lowest BCUT2D eigenvalue weighted by atomic mass is 9.98. The average molecular weight is 428 g/mol. The van der Waals surface area contributed by atoms with Gasteiger partial charge in [-0.25, -0.2) is 14.3 Å². The maximum Gasteiger partial charge on any atom is 0.341 e. The van der Waals surface area contributed by atoms with E-state index in [1.807, 2.05) is 12.1 Å². The molecule has 0 saturated carbocycles. The standard InChI is InChI=1S/C22H28N4O5/c1-4-30-20(27)16-7-6-12-25(14-16)22(29)24-17-8-10-18(11-9-17)26-15(3)19(13-23-26)21(28)31-5-2/h8-11,13,16H,4-7,12,14H2,1-3H3,(H,24,29)/t16-/m1/s1. The molecule has 1 aliphatic heterocycles. The van der Waals surface area contributed by atoms with Crippen molar-refractivity contribution in [1.82, 2.24) is 14.7 Å². The highest BCUT2D eigenvalue weighted by Gasteiger charge is 2.29. The maximum absolute atomic E-state index is 12.6. The molecule has 2 aromatic rings. The van der Waals surface area contributed by atoms with Crippen molar-refractivity contribution < 1.29 is 23.9 Å². The topological polar surface area (TPSA) is 103 Å². The smallest absolute Gasteiger partial charge is 0.341 e. The van der Waals surface area contributed by atoms with Crippen LogP contribution in [0.3, 0.4) is 0 Å². The molecule has 3 rings (SSSR count). The minimum atomic E-state index is -0.405. The summed E-state index contributed by atoms with van der Waals surface area (Å²) in [5, 5.41) is 7.14. The van der Waals surface area contributed by atoms with Gasteiger partial charge in [-0.3, -0.25) is 4.79 Å². The maximum atomic E-state index is 12.6. The van der Waals surface area contributed by atoms with Crippen LogP contribution in [0.25, 0.3) is 5.69 Å².